The van der Waals surface area contributed by atoms with Crippen LogP contribution >= 0.6 is 0 Å². The van der Waals surface area contributed by atoms with Gasteiger partial charge < -0.3 is 20.4 Å². The molecule has 2 aliphatic rings. The summed E-state index contributed by atoms with van der Waals surface area (Å²) in [4.78, 5) is 1.93. The molecule has 2 fully saturated rings. The maximum Gasteiger partial charge on any atom is 0.109 e. The van der Waals surface area contributed by atoms with E-state index in [4.69, 9.17) is 0 Å². The average Bonchev–Trinajstić information content (AvgIpc) is 2.79. The fourth-order valence-corrected chi connectivity index (χ4v) is 3.11. The fourth-order valence-electron chi connectivity index (χ4n) is 3.11. The topological polar surface area (TPSA) is 84.2 Å². The zero-order valence-corrected chi connectivity index (χ0v) is 10.1. The molecule has 0 unspecified atom stereocenters. The second kappa shape index (κ2) is 5.63. The lowest BCUT2D eigenvalue weighted by Gasteiger charge is -2.44. The fraction of sp³-hybridized carbons (Fsp3) is 1.00. The minimum absolute atomic E-state index is 0.183. The van der Waals surface area contributed by atoms with E-state index in [0.717, 1.165) is 6.54 Å². The third-order valence-electron chi connectivity index (χ3n) is 4.18. The molecule has 1 saturated heterocycles. The Morgan fingerprint density at radius 1 is 1.00 bits per heavy atom. The number of hydrogen-bond donors (Lipinski definition) is 4. The van der Waals surface area contributed by atoms with Gasteiger partial charge in [-0.2, -0.15) is 0 Å². The van der Waals surface area contributed by atoms with Crippen LogP contribution in [0.4, 0.5) is 0 Å². The van der Waals surface area contributed by atoms with E-state index in [1.54, 1.807) is 0 Å². The van der Waals surface area contributed by atoms with Gasteiger partial charge >= 0.3 is 0 Å². The third-order valence-corrected chi connectivity index (χ3v) is 4.18. The zero-order valence-electron chi connectivity index (χ0n) is 10.1. The van der Waals surface area contributed by atoms with E-state index in [1.165, 1.54) is 25.7 Å². The summed E-state index contributed by atoms with van der Waals surface area (Å²) in [6.07, 6.45) is 1.73. The van der Waals surface area contributed by atoms with Crippen LogP contribution in [0.5, 0.6) is 0 Å². The molecule has 5 heteroatoms. The molecule has 1 saturated carbocycles. The monoisotopic (exact) mass is 245 g/mol. The van der Waals surface area contributed by atoms with Crippen molar-refractivity contribution in [1.82, 2.24) is 4.90 Å². The number of likely N-dealkylation sites (tertiary alicyclic amines) is 1. The van der Waals surface area contributed by atoms with Crippen LogP contribution in [0.3, 0.4) is 0 Å². The first-order valence-corrected chi connectivity index (χ1v) is 6.52. The molecular weight excluding hydrogens is 222 g/mol. The summed E-state index contributed by atoms with van der Waals surface area (Å²) in [5.41, 5.74) is 0. The zero-order chi connectivity index (χ0) is 12.4. The van der Waals surface area contributed by atoms with Gasteiger partial charge in [0.2, 0.25) is 0 Å². The van der Waals surface area contributed by atoms with Crippen LogP contribution in [0.15, 0.2) is 0 Å². The van der Waals surface area contributed by atoms with Crippen molar-refractivity contribution in [1.29, 1.82) is 0 Å². The number of aliphatic hydroxyl groups is 4. The molecule has 1 aliphatic heterocycles. The highest BCUT2D eigenvalue weighted by Crippen LogP contribution is 2.28. The molecule has 5 nitrogen and oxygen atoms in total. The molecule has 4 N–H and O–H groups in total. The summed E-state index contributed by atoms with van der Waals surface area (Å²) in [5.74, 6) is 0.596. The van der Waals surface area contributed by atoms with Crippen LogP contribution in [-0.4, -0.2) is 69.4 Å². The standard InChI is InChI=1S/C12H23NO4/c14-7-9-11(16)12(17)10(15)6-13(9)5-8-3-1-2-4-8/h8-12,14-17H,1-7H2/t9-,10+,11-,12-/m1/s1. The maximum atomic E-state index is 9.84. The Hall–Kier alpha value is -0.200. The second-order valence-corrected chi connectivity index (χ2v) is 5.40. The van der Waals surface area contributed by atoms with E-state index >= 15 is 0 Å². The molecule has 2 rings (SSSR count). The molecule has 17 heavy (non-hydrogen) atoms. The van der Waals surface area contributed by atoms with Crippen molar-refractivity contribution in [3.05, 3.63) is 0 Å². The van der Waals surface area contributed by atoms with Gasteiger partial charge in [0, 0.05) is 13.1 Å². The molecule has 4 atom stereocenters. The van der Waals surface area contributed by atoms with Gasteiger partial charge in [-0.25, -0.2) is 0 Å². The number of hydrogen-bond acceptors (Lipinski definition) is 5. The van der Waals surface area contributed by atoms with Crippen molar-refractivity contribution in [2.75, 3.05) is 19.7 Å². The Bertz CT molecular complexity index is 245. The van der Waals surface area contributed by atoms with E-state index in [1.807, 2.05) is 4.90 Å². The van der Waals surface area contributed by atoms with Crippen molar-refractivity contribution in [2.24, 2.45) is 5.92 Å². The summed E-state index contributed by atoms with van der Waals surface area (Å²) in [6.45, 7) is 0.948. The summed E-state index contributed by atoms with van der Waals surface area (Å²) in [7, 11) is 0. The lowest BCUT2D eigenvalue weighted by Crippen LogP contribution is -2.63. The van der Waals surface area contributed by atoms with E-state index in [9.17, 15) is 20.4 Å². The molecular formula is C12H23NO4. The summed E-state index contributed by atoms with van der Waals surface area (Å²) in [5, 5.41) is 38.4. The normalized spacial score (nSPS) is 40.9. The van der Waals surface area contributed by atoms with Gasteiger partial charge in [-0.3, -0.25) is 4.90 Å². The number of nitrogens with zero attached hydrogens (tertiary/aromatic N) is 1. The number of rotatable bonds is 3. The van der Waals surface area contributed by atoms with Crippen LogP contribution in [-0.2, 0) is 0 Å². The summed E-state index contributed by atoms with van der Waals surface area (Å²) >= 11 is 0. The molecule has 0 radical (unpaired) electrons. The Labute approximate surface area is 102 Å². The van der Waals surface area contributed by atoms with Gasteiger partial charge in [-0.1, -0.05) is 12.8 Å². The Morgan fingerprint density at radius 2 is 1.65 bits per heavy atom. The molecule has 0 amide bonds. The van der Waals surface area contributed by atoms with Gasteiger partial charge in [-0.15, -0.1) is 0 Å². The van der Waals surface area contributed by atoms with Crippen molar-refractivity contribution in [3.8, 4) is 0 Å². The van der Waals surface area contributed by atoms with E-state index in [0.29, 0.717) is 12.5 Å². The molecule has 0 aromatic heterocycles. The highest BCUT2D eigenvalue weighted by atomic mass is 16.4. The van der Waals surface area contributed by atoms with Crippen molar-refractivity contribution < 1.29 is 20.4 Å². The van der Waals surface area contributed by atoms with Crippen molar-refractivity contribution in [3.63, 3.8) is 0 Å². The SMILES string of the molecule is OC[C@@H]1[C@@H](O)[C@H](O)[C@@H](O)CN1CC1CCCC1. The minimum atomic E-state index is -1.15. The number of β-amino-alcohol motifs (C(OH)–C–C–N with tert-alkyl or cyclic N) is 1. The van der Waals surface area contributed by atoms with E-state index < -0.39 is 24.4 Å². The van der Waals surface area contributed by atoms with Gasteiger partial charge in [0.25, 0.3) is 0 Å². The minimum Gasteiger partial charge on any atom is -0.395 e. The Morgan fingerprint density at radius 3 is 2.24 bits per heavy atom. The molecule has 0 aromatic rings. The highest BCUT2D eigenvalue weighted by Gasteiger charge is 2.41. The highest BCUT2D eigenvalue weighted by molar-refractivity contribution is 4.94. The van der Waals surface area contributed by atoms with Gasteiger partial charge in [-0.05, 0) is 18.8 Å². The molecule has 0 bridgehead atoms. The van der Waals surface area contributed by atoms with Crippen LogP contribution in [0.25, 0.3) is 0 Å². The predicted molar refractivity (Wildman–Crippen MR) is 62.4 cm³/mol. The van der Waals surface area contributed by atoms with Crippen LogP contribution in [0.1, 0.15) is 25.7 Å². The molecule has 1 aliphatic carbocycles. The number of aliphatic hydroxyl groups excluding tert-OH is 4. The first-order valence-electron chi connectivity index (χ1n) is 6.52. The predicted octanol–water partition coefficient (Wildman–Crippen LogP) is -1.06. The molecule has 0 aromatic carbocycles. The lowest BCUT2D eigenvalue weighted by molar-refractivity contribution is -0.147. The Kier molecular flexibility index (Phi) is 4.38. The Balaban J connectivity index is 1.98. The lowest BCUT2D eigenvalue weighted by atomic mass is 9.93. The third kappa shape index (κ3) is 2.80. The average molecular weight is 245 g/mol. The van der Waals surface area contributed by atoms with Crippen LogP contribution in [0.2, 0.25) is 0 Å². The largest absolute Gasteiger partial charge is 0.395 e. The van der Waals surface area contributed by atoms with Gasteiger partial charge in [0.1, 0.15) is 12.2 Å². The van der Waals surface area contributed by atoms with Crippen molar-refractivity contribution in [2.45, 2.75) is 50.0 Å². The molecule has 100 valence electrons. The smallest absolute Gasteiger partial charge is 0.109 e. The summed E-state index contributed by atoms with van der Waals surface area (Å²) < 4.78 is 0. The first kappa shape index (κ1) is 13.2. The molecule has 0 spiro atoms. The quantitative estimate of drug-likeness (QED) is 0.509. The summed E-state index contributed by atoms with van der Waals surface area (Å²) in [6, 6.07) is -0.450. The van der Waals surface area contributed by atoms with E-state index in [2.05, 4.69) is 0 Å². The first-order chi connectivity index (χ1) is 8.13. The molecule has 1 heterocycles. The second-order valence-electron chi connectivity index (χ2n) is 5.40. The van der Waals surface area contributed by atoms with Crippen molar-refractivity contribution >= 4 is 0 Å². The van der Waals surface area contributed by atoms with Gasteiger partial charge in [0.05, 0.1) is 18.8 Å². The van der Waals surface area contributed by atoms with Crippen LogP contribution in [0, 0.1) is 5.92 Å². The van der Waals surface area contributed by atoms with Crippen LogP contribution < -0.4 is 0 Å². The van der Waals surface area contributed by atoms with Gasteiger partial charge in [0.15, 0.2) is 0 Å². The maximum absolute atomic E-state index is 9.84. The number of piperidine rings is 1. The van der Waals surface area contributed by atoms with E-state index in [-0.39, 0.29) is 6.61 Å².